The fourth-order valence-electron chi connectivity index (χ4n) is 2.63. The number of hydrogen-bond donors (Lipinski definition) is 2. The van der Waals surface area contributed by atoms with Gasteiger partial charge in [-0.3, -0.25) is 0 Å². The van der Waals surface area contributed by atoms with Crippen LogP contribution in [0.4, 0.5) is 10.1 Å². The molecule has 1 aromatic carbocycles. The van der Waals surface area contributed by atoms with Gasteiger partial charge in [0.2, 0.25) is 0 Å². The Morgan fingerprint density at radius 2 is 2.05 bits per heavy atom. The number of benzene rings is 1. The number of carboxylic acids is 1. The number of carbonyl (C=O) groups is 1. The van der Waals surface area contributed by atoms with Gasteiger partial charge in [0, 0.05) is 11.8 Å². The van der Waals surface area contributed by atoms with E-state index in [-0.39, 0.29) is 23.1 Å². The Bertz CT molecular complexity index is 518. The Labute approximate surface area is 117 Å². The van der Waals surface area contributed by atoms with E-state index < -0.39 is 11.8 Å². The van der Waals surface area contributed by atoms with Crippen LogP contribution in [0, 0.1) is 17.7 Å². The summed E-state index contributed by atoms with van der Waals surface area (Å²) >= 11 is 0. The lowest BCUT2D eigenvalue weighted by Gasteiger charge is -2.32. The number of halogens is 1. The molecule has 1 saturated carbocycles. The number of anilines is 1. The molecule has 4 nitrogen and oxygen atoms in total. The average Bonchev–Trinajstić information content (AvgIpc) is 2.36. The first kappa shape index (κ1) is 14.6. The van der Waals surface area contributed by atoms with Crippen molar-refractivity contribution in [3.8, 4) is 5.75 Å². The first-order valence-electron chi connectivity index (χ1n) is 6.87. The summed E-state index contributed by atoms with van der Waals surface area (Å²) < 4.78 is 19.5. The number of hydrogen-bond acceptors (Lipinski definition) is 3. The molecule has 1 aliphatic rings. The first-order valence-corrected chi connectivity index (χ1v) is 6.87. The Balaban J connectivity index is 2.17. The molecule has 0 amide bonds. The van der Waals surface area contributed by atoms with Crippen LogP contribution in [0.25, 0.3) is 0 Å². The van der Waals surface area contributed by atoms with Gasteiger partial charge in [0.15, 0.2) is 11.6 Å². The van der Waals surface area contributed by atoms with Crippen LogP contribution in [0.1, 0.15) is 43.5 Å². The van der Waals surface area contributed by atoms with Crippen molar-refractivity contribution in [2.75, 3.05) is 5.73 Å². The topological polar surface area (TPSA) is 72.5 Å². The summed E-state index contributed by atoms with van der Waals surface area (Å²) in [7, 11) is 0. The van der Waals surface area contributed by atoms with Gasteiger partial charge >= 0.3 is 5.97 Å². The molecule has 0 spiro atoms. The van der Waals surface area contributed by atoms with Crippen LogP contribution in [0.15, 0.2) is 12.1 Å². The van der Waals surface area contributed by atoms with E-state index in [1.54, 1.807) is 0 Å². The van der Waals surface area contributed by atoms with Crippen LogP contribution < -0.4 is 10.5 Å². The molecule has 3 N–H and O–H groups in total. The van der Waals surface area contributed by atoms with Gasteiger partial charge in [0.05, 0.1) is 11.7 Å². The van der Waals surface area contributed by atoms with E-state index in [4.69, 9.17) is 15.6 Å². The molecule has 2 rings (SSSR count). The lowest BCUT2D eigenvalue weighted by Crippen LogP contribution is -2.29. The summed E-state index contributed by atoms with van der Waals surface area (Å²) in [5.74, 6) is -0.662. The molecule has 0 aromatic heterocycles. The highest BCUT2D eigenvalue weighted by Gasteiger charge is 2.27. The highest BCUT2D eigenvalue weighted by Crippen LogP contribution is 2.33. The Kier molecular flexibility index (Phi) is 4.16. The molecule has 0 aliphatic heterocycles. The van der Waals surface area contributed by atoms with Crippen LogP contribution >= 0.6 is 0 Å². The maximum absolute atomic E-state index is 13.8. The fourth-order valence-corrected chi connectivity index (χ4v) is 2.63. The minimum atomic E-state index is -1.18. The van der Waals surface area contributed by atoms with Crippen molar-refractivity contribution in [1.29, 1.82) is 0 Å². The molecular formula is C15H20FNO3. The second-order valence-electron chi connectivity index (χ2n) is 5.68. The lowest BCUT2D eigenvalue weighted by atomic mass is 9.80. The summed E-state index contributed by atoms with van der Waals surface area (Å²) in [6.45, 7) is 4.36. The molecule has 0 bridgehead atoms. The van der Waals surface area contributed by atoms with E-state index in [1.807, 2.05) is 0 Å². The fraction of sp³-hybridized carbons (Fsp3) is 0.533. The SMILES string of the molecule is CC1CCC(Oc2cc(C(=O)O)c(N)cc2F)CC1C. The number of nitrogens with two attached hydrogens (primary N) is 1. The highest BCUT2D eigenvalue weighted by molar-refractivity contribution is 5.94. The summed E-state index contributed by atoms with van der Waals surface area (Å²) in [6.07, 6.45) is 2.68. The predicted octanol–water partition coefficient (Wildman–Crippen LogP) is 3.31. The van der Waals surface area contributed by atoms with E-state index in [1.165, 1.54) is 6.07 Å². The van der Waals surface area contributed by atoms with Crippen LogP contribution in [-0.2, 0) is 0 Å². The van der Waals surface area contributed by atoms with Crippen molar-refractivity contribution in [1.82, 2.24) is 0 Å². The zero-order valence-corrected chi connectivity index (χ0v) is 11.7. The minimum absolute atomic E-state index is 0.0247. The van der Waals surface area contributed by atoms with Crippen molar-refractivity contribution < 1.29 is 19.0 Å². The average molecular weight is 281 g/mol. The van der Waals surface area contributed by atoms with Gasteiger partial charge < -0.3 is 15.6 Å². The molecular weight excluding hydrogens is 261 g/mol. The second-order valence-corrected chi connectivity index (χ2v) is 5.68. The Hall–Kier alpha value is -1.78. The van der Waals surface area contributed by atoms with E-state index in [0.717, 1.165) is 25.3 Å². The number of ether oxygens (including phenoxy) is 1. The van der Waals surface area contributed by atoms with Gasteiger partial charge in [-0.05, 0) is 37.2 Å². The first-order chi connectivity index (χ1) is 9.38. The van der Waals surface area contributed by atoms with Crippen molar-refractivity contribution >= 4 is 11.7 Å². The van der Waals surface area contributed by atoms with E-state index in [9.17, 15) is 9.18 Å². The summed E-state index contributed by atoms with van der Waals surface area (Å²) in [5, 5.41) is 9.01. The van der Waals surface area contributed by atoms with E-state index in [2.05, 4.69) is 13.8 Å². The molecule has 0 heterocycles. The number of nitrogen functional groups attached to an aromatic ring is 1. The number of carboxylic acid groups (broad SMARTS) is 1. The lowest BCUT2D eigenvalue weighted by molar-refractivity contribution is 0.0695. The third-order valence-corrected chi connectivity index (χ3v) is 4.18. The smallest absolute Gasteiger partial charge is 0.337 e. The van der Waals surface area contributed by atoms with Crippen LogP contribution in [0.5, 0.6) is 5.75 Å². The molecule has 0 saturated heterocycles. The van der Waals surface area contributed by atoms with Crippen molar-refractivity contribution in [2.24, 2.45) is 11.8 Å². The molecule has 0 radical (unpaired) electrons. The number of aromatic carboxylic acids is 1. The van der Waals surface area contributed by atoms with Crippen molar-refractivity contribution in [2.45, 2.75) is 39.2 Å². The number of rotatable bonds is 3. The van der Waals surface area contributed by atoms with Crippen LogP contribution in [-0.4, -0.2) is 17.2 Å². The molecule has 5 heteroatoms. The van der Waals surface area contributed by atoms with Crippen molar-refractivity contribution in [3.05, 3.63) is 23.5 Å². The molecule has 1 fully saturated rings. The molecule has 20 heavy (non-hydrogen) atoms. The normalized spacial score (nSPS) is 26.2. The van der Waals surface area contributed by atoms with Crippen molar-refractivity contribution in [3.63, 3.8) is 0 Å². The summed E-state index contributed by atoms with van der Waals surface area (Å²) in [6, 6.07) is 2.18. The summed E-state index contributed by atoms with van der Waals surface area (Å²) in [5.41, 5.74) is 5.27. The quantitative estimate of drug-likeness (QED) is 0.834. The van der Waals surface area contributed by atoms with Gasteiger partial charge in [-0.1, -0.05) is 13.8 Å². The summed E-state index contributed by atoms with van der Waals surface area (Å²) in [4.78, 5) is 11.0. The van der Waals surface area contributed by atoms with Gasteiger partial charge in [-0.25, -0.2) is 9.18 Å². The third-order valence-electron chi connectivity index (χ3n) is 4.18. The molecule has 110 valence electrons. The van der Waals surface area contributed by atoms with Crippen LogP contribution in [0.3, 0.4) is 0 Å². The largest absolute Gasteiger partial charge is 0.487 e. The zero-order chi connectivity index (χ0) is 14.9. The molecule has 3 unspecified atom stereocenters. The second kappa shape index (κ2) is 5.69. The maximum atomic E-state index is 13.8. The van der Waals surface area contributed by atoms with Gasteiger partial charge in [0.1, 0.15) is 0 Å². The zero-order valence-electron chi connectivity index (χ0n) is 11.7. The molecule has 3 atom stereocenters. The third kappa shape index (κ3) is 3.03. The highest BCUT2D eigenvalue weighted by atomic mass is 19.1. The minimum Gasteiger partial charge on any atom is -0.487 e. The monoisotopic (exact) mass is 281 g/mol. The van der Waals surface area contributed by atoms with Crippen LogP contribution in [0.2, 0.25) is 0 Å². The maximum Gasteiger partial charge on any atom is 0.337 e. The standard InChI is InChI=1S/C15H20FNO3/c1-8-3-4-10(5-9(8)2)20-14-6-11(15(18)19)13(17)7-12(14)16/h6-10H,3-5,17H2,1-2H3,(H,18,19). The van der Waals surface area contributed by atoms with Gasteiger partial charge in [-0.2, -0.15) is 0 Å². The van der Waals surface area contributed by atoms with E-state index >= 15 is 0 Å². The Morgan fingerprint density at radius 1 is 1.35 bits per heavy atom. The molecule has 1 aromatic rings. The molecule has 1 aliphatic carbocycles. The Morgan fingerprint density at radius 3 is 2.65 bits per heavy atom. The van der Waals surface area contributed by atoms with Gasteiger partial charge in [0.25, 0.3) is 0 Å². The van der Waals surface area contributed by atoms with E-state index in [0.29, 0.717) is 11.8 Å². The van der Waals surface area contributed by atoms with Gasteiger partial charge in [-0.15, -0.1) is 0 Å². The predicted molar refractivity (Wildman–Crippen MR) is 74.4 cm³/mol.